The number of fused-ring (bicyclic) bond motifs is 1. The maximum Gasteiger partial charge on any atom is 0.416 e. The quantitative estimate of drug-likeness (QED) is 0.180. The van der Waals surface area contributed by atoms with Gasteiger partial charge in [0, 0.05) is 60.8 Å². The van der Waals surface area contributed by atoms with Crippen LogP contribution in [0.3, 0.4) is 0 Å². The van der Waals surface area contributed by atoms with Gasteiger partial charge in [-0.1, -0.05) is 0 Å². The Morgan fingerprint density at radius 1 is 1.02 bits per heavy atom. The largest absolute Gasteiger partial charge is 0.416 e. The summed E-state index contributed by atoms with van der Waals surface area (Å²) in [5, 5.41) is 7.61. The second kappa shape index (κ2) is 12.0. The van der Waals surface area contributed by atoms with Gasteiger partial charge in [-0.25, -0.2) is 19.3 Å². The fourth-order valence-electron chi connectivity index (χ4n) is 4.78. The monoisotopic (exact) mass is 611 g/mol. The number of amides is 1. The molecule has 14 heteroatoms. The molecule has 6 rings (SSSR count). The van der Waals surface area contributed by atoms with Gasteiger partial charge in [-0.3, -0.25) is 9.20 Å². The molecule has 1 saturated heterocycles. The summed E-state index contributed by atoms with van der Waals surface area (Å²) >= 11 is 1.46. The molecular formula is C29H25F4N7O2S. The lowest BCUT2D eigenvalue weighted by Gasteiger charge is -2.29. The van der Waals surface area contributed by atoms with E-state index in [0.29, 0.717) is 49.1 Å². The van der Waals surface area contributed by atoms with Crippen LogP contribution in [0, 0.1) is 5.82 Å². The van der Waals surface area contributed by atoms with Gasteiger partial charge in [0.2, 0.25) is 5.95 Å². The zero-order valence-corrected chi connectivity index (χ0v) is 23.4. The Morgan fingerprint density at radius 3 is 2.58 bits per heavy atom. The molecule has 2 N–H and O–H groups in total. The van der Waals surface area contributed by atoms with E-state index in [1.165, 1.54) is 29.5 Å². The molecule has 43 heavy (non-hydrogen) atoms. The van der Waals surface area contributed by atoms with E-state index >= 15 is 0 Å². The summed E-state index contributed by atoms with van der Waals surface area (Å²) in [6, 6.07) is 11.2. The van der Waals surface area contributed by atoms with Crippen LogP contribution in [0.2, 0.25) is 0 Å². The number of aromatic nitrogens is 4. The van der Waals surface area contributed by atoms with Crippen molar-refractivity contribution in [2.24, 2.45) is 0 Å². The lowest BCUT2D eigenvalue weighted by Crippen LogP contribution is -2.36. The van der Waals surface area contributed by atoms with Crippen molar-refractivity contribution >= 4 is 33.8 Å². The maximum atomic E-state index is 13.6. The van der Waals surface area contributed by atoms with Gasteiger partial charge in [-0.2, -0.15) is 13.2 Å². The summed E-state index contributed by atoms with van der Waals surface area (Å²) < 4.78 is 61.5. The summed E-state index contributed by atoms with van der Waals surface area (Å²) in [4.78, 5) is 29.0. The van der Waals surface area contributed by atoms with Gasteiger partial charge in [0.05, 0.1) is 30.2 Å². The van der Waals surface area contributed by atoms with E-state index in [1.54, 1.807) is 29.3 Å². The van der Waals surface area contributed by atoms with Gasteiger partial charge in [0.15, 0.2) is 4.96 Å². The number of halogens is 4. The van der Waals surface area contributed by atoms with Crippen LogP contribution in [-0.2, 0) is 10.9 Å². The molecule has 9 nitrogen and oxygen atoms in total. The van der Waals surface area contributed by atoms with E-state index < -0.39 is 17.6 Å². The van der Waals surface area contributed by atoms with Crippen molar-refractivity contribution in [2.75, 3.05) is 49.6 Å². The van der Waals surface area contributed by atoms with Gasteiger partial charge in [-0.05, 0) is 48.5 Å². The number of anilines is 2. The molecular weight excluding hydrogens is 586 g/mol. The number of hydrogen-bond acceptors (Lipinski definition) is 8. The molecule has 3 aromatic heterocycles. The molecule has 0 saturated carbocycles. The summed E-state index contributed by atoms with van der Waals surface area (Å²) in [5.74, 6) is -0.687. The minimum absolute atomic E-state index is 0.0802. The molecule has 0 radical (unpaired) electrons. The Hall–Kier alpha value is -4.56. The van der Waals surface area contributed by atoms with E-state index in [9.17, 15) is 22.4 Å². The van der Waals surface area contributed by atoms with Crippen molar-refractivity contribution in [3.05, 3.63) is 83.2 Å². The van der Waals surface area contributed by atoms with Crippen molar-refractivity contribution in [3.63, 3.8) is 0 Å². The van der Waals surface area contributed by atoms with Crippen LogP contribution in [0.15, 0.2) is 66.3 Å². The van der Waals surface area contributed by atoms with Crippen molar-refractivity contribution in [3.8, 4) is 22.6 Å². The number of nitrogens with one attached hydrogen (secondary N) is 2. The normalized spacial score (nSPS) is 13.8. The van der Waals surface area contributed by atoms with Crippen molar-refractivity contribution in [1.29, 1.82) is 0 Å². The van der Waals surface area contributed by atoms with E-state index in [0.717, 1.165) is 22.7 Å². The van der Waals surface area contributed by atoms with Gasteiger partial charge in [0.25, 0.3) is 5.91 Å². The number of imidazole rings is 1. The molecule has 0 bridgehead atoms. The highest BCUT2D eigenvalue weighted by Gasteiger charge is 2.32. The minimum atomic E-state index is -4.60. The van der Waals surface area contributed by atoms with Crippen LogP contribution in [0.5, 0.6) is 0 Å². The Labute approximate surface area is 247 Å². The standard InChI is InChI=1S/C29H25F4N7O2S/c30-21-3-1-18(2-4-21)24-25(40-11-14-43-28(40)38-24)23-5-6-35-27(37-23)36-8-7-34-26(41)19-15-20(29(31,32)33)17-22(16-19)39-9-12-42-13-10-39/h1-6,11,14-17H,7-10,12-13H2,(H,34,41)(H,35,36,37). The summed E-state index contributed by atoms with van der Waals surface area (Å²) in [6.07, 6.45) is -1.14. The number of rotatable bonds is 8. The van der Waals surface area contributed by atoms with Gasteiger partial charge in [0.1, 0.15) is 11.5 Å². The first-order valence-electron chi connectivity index (χ1n) is 13.4. The number of morpholine rings is 1. The minimum Gasteiger partial charge on any atom is -0.378 e. The molecule has 1 amide bonds. The highest BCUT2D eigenvalue weighted by molar-refractivity contribution is 7.15. The molecule has 0 spiro atoms. The molecule has 1 aliphatic rings. The Bertz CT molecular complexity index is 1750. The summed E-state index contributed by atoms with van der Waals surface area (Å²) in [6.45, 7) is 2.01. The lowest BCUT2D eigenvalue weighted by molar-refractivity contribution is -0.137. The highest BCUT2D eigenvalue weighted by atomic mass is 32.1. The number of thiazole rings is 1. The second-order valence-corrected chi connectivity index (χ2v) is 10.6. The third-order valence-electron chi connectivity index (χ3n) is 6.86. The zero-order chi connectivity index (χ0) is 30.0. The van der Waals surface area contributed by atoms with Gasteiger partial charge >= 0.3 is 6.18 Å². The fraction of sp³-hybridized carbons (Fsp3) is 0.241. The van der Waals surface area contributed by atoms with Crippen molar-refractivity contribution in [1.82, 2.24) is 24.7 Å². The Morgan fingerprint density at radius 2 is 1.81 bits per heavy atom. The average Bonchev–Trinajstić information content (AvgIpc) is 3.61. The van der Waals surface area contributed by atoms with E-state index in [4.69, 9.17) is 9.72 Å². The number of benzene rings is 2. The second-order valence-electron chi connectivity index (χ2n) is 9.69. The molecule has 0 unspecified atom stereocenters. The SMILES string of the molecule is O=C(NCCNc1nccc(-c2c(-c3ccc(F)cc3)nc3sccn23)n1)c1cc(N2CCOCC2)cc(C(F)(F)F)c1. The molecule has 4 heterocycles. The highest BCUT2D eigenvalue weighted by Crippen LogP contribution is 2.35. The van der Waals surface area contributed by atoms with Crippen LogP contribution >= 0.6 is 11.3 Å². The molecule has 222 valence electrons. The van der Waals surface area contributed by atoms with E-state index in [1.807, 2.05) is 16.0 Å². The van der Waals surface area contributed by atoms with Crippen LogP contribution in [0.25, 0.3) is 27.6 Å². The first kappa shape index (κ1) is 28.6. The Balaban J connectivity index is 1.15. The maximum absolute atomic E-state index is 13.6. The number of carbonyl (C=O) groups excluding carboxylic acids is 1. The number of nitrogens with zero attached hydrogens (tertiary/aromatic N) is 5. The molecule has 1 aliphatic heterocycles. The topological polar surface area (TPSA) is 96.7 Å². The molecule has 2 aromatic carbocycles. The van der Waals surface area contributed by atoms with E-state index in [-0.39, 0.29) is 30.4 Å². The molecule has 0 aliphatic carbocycles. The van der Waals surface area contributed by atoms with Crippen molar-refractivity contribution in [2.45, 2.75) is 6.18 Å². The third kappa shape index (κ3) is 6.29. The van der Waals surface area contributed by atoms with Crippen LogP contribution < -0.4 is 15.5 Å². The predicted octanol–water partition coefficient (Wildman–Crippen LogP) is 5.36. The predicted molar refractivity (Wildman–Crippen MR) is 155 cm³/mol. The first-order valence-corrected chi connectivity index (χ1v) is 14.3. The van der Waals surface area contributed by atoms with Crippen molar-refractivity contribution < 1.29 is 27.1 Å². The van der Waals surface area contributed by atoms with Crippen LogP contribution in [0.4, 0.5) is 29.2 Å². The number of ether oxygens (including phenoxy) is 1. The van der Waals surface area contributed by atoms with Gasteiger partial charge < -0.3 is 20.3 Å². The number of carbonyl (C=O) groups is 1. The zero-order valence-electron chi connectivity index (χ0n) is 22.6. The molecule has 0 atom stereocenters. The van der Waals surface area contributed by atoms with Gasteiger partial charge in [-0.15, -0.1) is 11.3 Å². The third-order valence-corrected chi connectivity index (χ3v) is 7.61. The number of hydrogen-bond donors (Lipinski definition) is 2. The van der Waals surface area contributed by atoms with Crippen LogP contribution in [-0.4, -0.2) is 64.7 Å². The van der Waals surface area contributed by atoms with E-state index in [2.05, 4.69) is 20.6 Å². The molecule has 5 aromatic rings. The van der Waals surface area contributed by atoms with Crippen LogP contribution in [0.1, 0.15) is 15.9 Å². The number of alkyl halides is 3. The first-order chi connectivity index (χ1) is 20.8. The Kier molecular flexibility index (Phi) is 7.95. The summed E-state index contributed by atoms with van der Waals surface area (Å²) in [7, 11) is 0. The average molecular weight is 612 g/mol. The molecule has 1 fully saturated rings. The fourth-order valence-corrected chi connectivity index (χ4v) is 5.49. The summed E-state index contributed by atoms with van der Waals surface area (Å²) in [5.41, 5.74) is 2.02. The smallest absolute Gasteiger partial charge is 0.378 e. The lowest BCUT2D eigenvalue weighted by atomic mass is 10.1.